The van der Waals surface area contributed by atoms with Crippen molar-refractivity contribution >= 4 is 38.2 Å². The van der Waals surface area contributed by atoms with E-state index in [1.807, 2.05) is 22.9 Å². The van der Waals surface area contributed by atoms with Crippen LogP contribution in [-0.4, -0.2) is 47.7 Å². The van der Waals surface area contributed by atoms with E-state index < -0.39 is 15.9 Å². The quantitative estimate of drug-likeness (QED) is 0.664. The minimum Gasteiger partial charge on any atom is -0.366 e. The zero-order chi connectivity index (χ0) is 19.9. The Morgan fingerprint density at radius 3 is 2.68 bits per heavy atom. The molecule has 4 rings (SSSR count). The molecular formula is C19H22N4O3S2. The SMILES string of the molecule is CCS(=O)(=O)N1CCC(c2[nH]nc3c(C(N)=O)cc(-c4ccsc4)cc23)CC1. The summed E-state index contributed by atoms with van der Waals surface area (Å²) < 4.78 is 25.8. The summed E-state index contributed by atoms with van der Waals surface area (Å²) in [5.41, 5.74) is 9.48. The summed E-state index contributed by atoms with van der Waals surface area (Å²) in [6.45, 7) is 2.66. The molecule has 1 saturated heterocycles. The number of hydrogen-bond acceptors (Lipinski definition) is 5. The van der Waals surface area contributed by atoms with Gasteiger partial charge in [0.05, 0.1) is 11.3 Å². The van der Waals surface area contributed by atoms with Crippen LogP contribution < -0.4 is 5.73 Å². The van der Waals surface area contributed by atoms with Gasteiger partial charge >= 0.3 is 0 Å². The number of hydrogen-bond donors (Lipinski definition) is 2. The first-order valence-electron chi connectivity index (χ1n) is 9.23. The third kappa shape index (κ3) is 3.34. The van der Waals surface area contributed by atoms with Gasteiger partial charge in [0.25, 0.3) is 5.91 Å². The predicted octanol–water partition coefficient (Wildman–Crippen LogP) is 2.92. The van der Waals surface area contributed by atoms with E-state index in [4.69, 9.17) is 5.73 Å². The van der Waals surface area contributed by atoms with Gasteiger partial charge in [0.1, 0.15) is 5.52 Å². The van der Waals surface area contributed by atoms with E-state index in [1.165, 1.54) is 0 Å². The Hall–Kier alpha value is -2.23. The smallest absolute Gasteiger partial charge is 0.251 e. The molecule has 2 aromatic heterocycles. The lowest BCUT2D eigenvalue weighted by atomic mass is 9.91. The van der Waals surface area contributed by atoms with Crippen molar-refractivity contribution in [3.05, 3.63) is 40.2 Å². The van der Waals surface area contributed by atoms with Crippen molar-refractivity contribution in [3.63, 3.8) is 0 Å². The Kier molecular flexibility index (Phi) is 4.98. The number of aromatic nitrogens is 2. The predicted molar refractivity (Wildman–Crippen MR) is 111 cm³/mol. The van der Waals surface area contributed by atoms with Gasteiger partial charge in [-0.15, -0.1) is 0 Å². The molecular weight excluding hydrogens is 396 g/mol. The average Bonchev–Trinajstić information content (AvgIpc) is 3.37. The number of fused-ring (bicyclic) bond motifs is 1. The third-order valence-corrected chi connectivity index (χ3v) is 7.99. The highest BCUT2D eigenvalue weighted by Gasteiger charge is 2.29. The van der Waals surface area contributed by atoms with Crippen molar-refractivity contribution in [2.75, 3.05) is 18.8 Å². The molecule has 0 bridgehead atoms. The Labute approximate surface area is 167 Å². The summed E-state index contributed by atoms with van der Waals surface area (Å²) >= 11 is 1.59. The molecule has 0 saturated carbocycles. The molecule has 0 aliphatic carbocycles. The second-order valence-electron chi connectivity index (χ2n) is 7.01. The van der Waals surface area contributed by atoms with Crippen LogP contribution in [0.25, 0.3) is 22.0 Å². The third-order valence-electron chi connectivity index (χ3n) is 5.43. The van der Waals surface area contributed by atoms with Crippen molar-refractivity contribution in [2.45, 2.75) is 25.7 Å². The van der Waals surface area contributed by atoms with Crippen LogP contribution >= 0.6 is 11.3 Å². The number of rotatable bonds is 5. The van der Waals surface area contributed by atoms with Gasteiger partial charge in [-0.3, -0.25) is 9.89 Å². The normalized spacial score (nSPS) is 16.6. The number of nitrogens with two attached hydrogens (primary N) is 1. The zero-order valence-electron chi connectivity index (χ0n) is 15.5. The van der Waals surface area contributed by atoms with Gasteiger partial charge in [0.15, 0.2) is 0 Å². The second kappa shape index (κ2) is 7.31. The number of carbonyl (C=O) groups excluding carboxylic acids is 1. The van der Waals surface area contributed by atoms with Crippen molar-refractivity contribution in [1.82, 2.24) is 14.5 Å². The van der Waals surface area contributed by atoms with E-state index in [-0.39, 0.29) is 11.7 Å². The van der Waals surface area contributed by atoms with Crippen LogP contribution in [0, 0.1) is 0 Å². The molecule has 3 N–H and O–H groups in total. The van der Waals surface area contributed by atoms with E-state index in [0.29, 0.717) is 37.0 Å². The number of H-pyrrole nitrogens is 1. The van der Waals surface area contributed by atoms with Crippen LogP contribution in [0.4, 0.5) is 0 Å². The monoisotopic (exact) mass is 418 g/mol. The molecule has 1 aliphatic heterocycles. The minimum atomic E-state index is -3.16. The zero-order valence-corrected chi connectivity index (χ0v) is 17.1. The molecule has 28 heavy (non-hydrogen) atoms. The van der Waals surface area contributed by atoms with Crippen molar-refractivity contribution in [3.8, 4) is 11.1 Å². The minimum absolute atomic E-state index is 0.122. The number of amides is 1. The largest absolute Gasteiger partial charge is 0.366 e. The van der Waals surface area contributed by atoms with E-state index in [9.17, 15) is 13.2 Å². The number of piperidine rings is 1. The van der Waals surface area contributed by atoms with Crippen molar-refractivity contribution in [1.29, 1.82) is 0 Å². The Balaban J connectivity index is 1.72. The molecule has 3 heterocycles. The summed E-state index contributed by atoms with van der Waals surface area (Å²) in [7, 11) is -3.16. The Morgan fingerprint density at radius 2 is 2.07 bits per heavy atom. The number of benzene rings is 1. The van der Waals surface area contributed by atoms with E-state index in [2.05, 4.69) is 10.2 Å². The Morgan fingerprint density at radius 1 is 1.32 bits per heavy atom. The van der Waals surface area contributed by atoms with Gasteiger partial charge in [-0.05, 0) is 59.9 Å². The van der Waals surface area contributed by atoms with E-state index in [0.717, 1.165) is 22.2 Å². The summed E-state index contributed by atoms with van der Waals surface area (Å²) in [6, 6.07) is 5.83. The molecule has 0 unspecified atom stereocenters. The number of carbonyl (C=O) groups is 1. The van der Waals surface area contributed by atoms with Crippen LogP contribution in [0.5, 0.6) is 0 Å². The fraction of sp³-hybridized carbons (Fsp3) is 0.368. The summed E-state index contributed by atoms with van der Waals surface area (Å²) in [5.74, 6) is -0.230. The summed E-state index contributed by atoms with van der Waals surface area (Å²) in [5, 5.41) is 12.4. The molecule has 0 spiro atoms. The van der Waals surface area contributed by atoms with Gasteiger partial charge in [-0.2, -0.15) is 16.4 Å². The second-order valence-corrected chi connectivity index (χ2v) is 10.0. The van der Waals surface area contributed by atoms with Crippen molar-refractivity contribution in [2.24, 2.45) is 5.73 Å². The number of nitrogens with one attached hydrogen (secondary N) is 1. The molecule has 148 valence electrons. The van der Waals surface area contributed by atoms with Crippen LogP contribution in [0.3, 0.4) is 0 Å². The van der Waals surface area contributed by atoms with Crippen LogP contribution in [0.15, 0.2) is 29.0 Å². The number of sulfonamides is 1. The first kappa shape index (κ1) is 19.1. The van der Waals surface area contributed by atoms with Crippen LogP contribution in [-0.2, 0) is 10.0 Å². The molecule has 0 radical (unpaired) electrons. The molecule has 1 aliphatic rings. The van der Waals surface area contributed by atoms with Gasteiger partial charge in [0, 0.05) is 30.1 Å². The van der Waals surface area contributed by atoms with Crippen LogP contribution in [0.1, 0.15) is 41.7 Å². The van der Waals surface area contributed by atoms with Gasteiger partial charge in [0.2, 0.25) is 10.0 Å². The molecule has 1 aromatic carbocycles. The lowest BCUT2D eigenvalue weighted by Crippen LogP contribution is -2.38. The molecule has 1 amide bonds. The average molecular weight is 419 g/mol. The fourth-order valence-corrected chi connectivity index (χ4v) is 5.63. The van der Waals surface area contributed by atoms with Gasteiger partial charge in [-0.1, -0.05) is 0 Å². The van der Waals surface area contributed by atoms with Gasteiger partial charge in [-0.25, -0.2) is 12.7 Å². The Bertz CT molecular complexity index is 1110. The standard InChI is InChI=1S/C19H22N4O3S2/c1-2-28(25,26)23-6-3-12(4-7-23)17-15-9-14(13-5-8-27-11-13)10-16(19(20)24)18(15)22-21-17/h5,8-12H,2-4,6-7H2,1H3,(H2,20,24)(H,21,22). The maximum absolute atomic E-state index is 12.1. The molecule has 0 atom stereocenters. The summed E-state index contributed by atoms with van der Waals surface area (Å²) in [4.78, 5) is 12.0. The first-order valence-corrected chi connectivity index (χ1v) is 11.8. The lowest BCUT2D eigenvalue weighted by molar-refractivity contribution is 0.100. The van der Waals surface area contributed by atoms with Crippen LogP contribution in [0.2, 0.25) is 0 Å². The maximum atomic E-state index is 12.1. The molecule has 3 aromatic rings. The molecule has 1 fully saturated rings. The summed E-state index contributed by atoms with van der Waals surface area (Å²) in [6.07, 6.45) is 1.43. The van der Waals surface area contributed by atoms with E-state index >= 15 is 0 Å². The highest BCUT2D eigenvalue weighted by Crippen LogP contribution is 2.36. The number of primary amides is 1. The fourth-order valence-electron chi connectivity index (χ4n) is 3.84. The molecule has 9 heteroatoms. The maximum Gasteiger partial charge on any atom is 0.251 e. The van der Waals surface area contributed by atoms with E-state index in [1.54, 1.807) is 28.6 Å². The molecule has 7 nitrogen and oxygen atoms in total. The number of aromatic amines is 1. The topological polar surface area (TPSA) is 109 Å². The van der Waals surface area contributed by atoms with Gasteiger partial charge < -0.3 is 5.73 Å². The highest BCUT2D eigenvalue weighted by molar-refractivity contribution is 7.89. The van der Waals surface area contributed by atoms with Crippen molar-refractivity contribution < 1.29 is 13.2 Å². The number of nitrogens with zero attached hydrogens (tertiary/aromatic N) is 2. The first-order chi connectivity index (χ1) is 13.4. The lowest BCUT2D eigenvalue weighted by Gasteiger charge is -2.30. The number of thiophene rings is 1. The highest BCUT2D eigenvalue weighted by atomic mass is 32.2.